The zero-order chi connectivity index (χ0) is 24.8. The van der Waals surface area contributed by atoms with Crippen molar-refractivity contribution in [2.24, 2.45) is 0 Å². The van der Waals surface area contributed by atoms with Crippen LogP contribution in [0.3, 0.4) is 0 Å². The lowest BCUT2D eigenvalue weighted by molar-refractivity contribution is -0.118. The van der Waals surface area contributed by atoms with Crippen LogP contribution in [-0.2, 0) is 9.59 Å². The maximum absolute atomic E-state index is 12.9. The van der Waals surface area contributed by atoms with Crippen LogP contribution in [0.2, 0.25) is 0 Å². The van der Waals surface area contributed by atoms with Gasteiger partial charge in [0.1, 0.15) is 11.5 Å². The number of aryl methyl sites for hydroxylation is 1. The van der Waals surface area contributed by atoms with Crippen molar-refractivity contribution in [3.63, 3.8) is 0 Å². The van der Waals surface area contributed by atoms with Crippen molar-refractivity contribution >= 4 is 57.6 Å². The van der Waals surface area contributed by atoms with Gasteiger partial charge >= 0.3 is 0 Å². The zero-order valence-electron chi connectivity index (χ0n) is 19.3. The van der Waals surface area contributed by atoms with Crippen molar-refractivity contribution in [1.29, 1.82) is 0 Å². The topological polar surface area (TPSA) is 67.9 Å². The summed E-state index contributed by atoms with van der Waals surface area (Å²) in [6, 6.07) is 22.0. The Bertz CT molecular complexity index is 1250. The van der Waals surface area contributed by atoms with Crippen LogP contribution in [0.4, 0.5) is 11.4 Å². The van der Waals surface area contributed by atoms with Gasteiger partial charge in [0.15, 0.2) is 10.9 Å². The van der Waals surface area contributed by atoms with E-state index in [1.54, 1.807) is 47.4 Å². The molecule has 2 amide bonds. The summed E-state index contributed by atoms with van der Waals surface area (Å²) in [5.41, 5.74) is 3.38. The van der Waals surface area contributed by atoms with Gasteiger partial charge in [-0.15, -0.1) is 0 Å². The number of carbonyl (C=O) groups excluding carboxylic acids is 2. The van der Waals surface area contributed by atoms with E-state index in [2.05, 4.69) is 5.32 Å². The molecule has 1 aliphatic rings. The lowest BCUT2D eigenvalue weighted by Crippen LogP contribution is -2.27. The van der Waals surface area contributed by atoms with Crippen LogP contribution in [0.5, 0.6) is 11.5 Å². The number of benzene rings is 3. The highest BCUT2D eigenvalue weighted by atomic mass is 32.2. The van der Waals surface area contributed by atoms with Crippen LogP contribution in [0.1, 0.15) is 18.1 Å². The first-order valence-electron chi connectivity index (χ1n) is 11.0. The van der Waals surface area contributed by atoms with Crippen LogP contribution in [0.25, 0.3) is 6.08 Å². The number of anilines is 2. The van der Waals surface area contributed by atoms with Gasteiger partial charge in [-0.1, -0.05) is 53.8 Å². The predicted octanol–water partition coefficient (Wildman–Crippen LogP) is 5.82. The fourth-order valence-electron chi connectivity index (χ4n) is 3.34. The molecule has 0 bridgehead atoms. The van der Waals surface area contributed by atoms with Gasteiger partial charge in [-0.25, -0.2) is 0 Å². The number of hydrogen-bond acceptors (Lipinski definition) is 6. The second-order valence-corrected chi connectivity index (χ2v) is 9.39. The lowest BCUT2D eigenvalue weighted by atomic mass is 10.2. The van der Waals surface area contributed by atoms with Gasteiger partial charge in [-0.05, 0) is 74.0 Å². The number of amides is 2. The molecule has 1 fully saturated rings. The van der Waals surface area contributed by atoms with E-state index in [0.29, 0.717) is 27.3 Å². The Labute approximate surface area is 213 Å². The molecule has 8 heteroatoms. The highest BCUT2D eigenvalue weighted by Crippen LogP contribution is 2.36. The smallest absolute Gasteiger partial charge is 0.270 e. The van der Waals surface area contributed by atoms with Gasteiger partial charge in [0.05, 0.1) is 17.2 Å². The second-order valence-electron chi connectivity index (χ2n) is 7.72. The number of nitrogens with one attached hydrogen (secondary N) is 1. The minimum absolute atomic E-state index is 0.123. The highest BCUT2D eigenvalue weighted by molar-refractivity contribution is 8.27. The Hall–Kier alpha value is -3.62. The van der Waals surface area contributed by atoms with Gasteiger partial charge in [-0.3, -0.25) is 14.5 Å². The van der Waals surface area contributed by atoms with Crippen LogP contribution < -0.4 is 19.7 Å². The standard InChI is InChI=1S/C27H24N2O4S2/c1-3-32-22-14-8-20(9-15-22)28-25(30)17-33-23-12-6-19(7-13-23)16-24-26(31)29(27(34)35-24)21-10-4-18(2)5-11-21/h4-16H,3,17H2,1-2H3,(H,28,30)/b24-16-. The second kappa shape index (κ2) is 11.2. The average molecular weight is 505 g/mol. The summed E-state index contributed by atoms with van der Waals surface area (Å²) in [4.78, 5) is 27.2. The van der Waals surface area contributed by atoms with Gasteiger partial charge in [0, 0.05) is 5.69 Å². The summed E-state index contributed by atoms with van der Waals surface area (Å²) in [5.74, 6) is 0.892. The van der Waals surface area contributed by atoms with Crippen LogP contribution in [0.15, 0.2) is 77.7 Å². The SMILES string of the molecule is CCOc1ccc(NC(=O)COc2ccc(/C=C3\SC(=S)N(c4ccc(C)cc4)C3=O)cc2)cc1. The number of ether oxygens (including phenoxy) is 2. The number of nitrogens with zero attached hydrogens (tertiary/aromatic N) is 1. The Morgan fingerprint density at radius 3 is 2.26 bits per heavy atom. The first-order valence-corrected chi connectivity index (χ1v) is 12.3. The molecule has 1 aliphatic heterocycles. The number of carbonyl (C=O) groups is 2. The minimum atomic E-state index is -0.266. The Kier molecular flexibility index (Phi) is 7.84. The first kappa shape index (κ1) is 24.5. The Morgan fingerprint density at radius 1 is 0.971 bits per heavy atom. The number of thiocarbonyl (C=S) groups is 1. The third kappa shape index (κ3) is 6.29. The third-order valence-electron chi connectivity index (χ3n) is 5.08. The maximum Gasteiger partial charge on any atom is 0.270 e. The predicted molar refractivity (Wildman–Crippen MR) is 145 cm³/mol. The van der Waals surface area contributed by atoms with Gasteiger partial charge in [0.2, 0.25) is 0 Å². The zero-order valence-corrected chi connectivity index (χ0v) is 20.9. The monoisotopic (exact) mass is 504 g/mol. The number of thioether (sulfide) groups is 1. The molecule has 0 aliphatic carbocycles. The Morgan fingerprint density at radius 2 is 1.60 bits per heavy atom. The summed E-state index contributed by atoms with van der Waals surface area (Å²) in [6.45, 7) is 4.38. The molecular formula is C27H24N2O4S2. The van der Waals surface area contributed by atoms with E-state index in [1.165, 1.54) is 11.8 Å². The lowest BCUT2D eigenvalue weighted by Gasteiger charge is -2.14. The fraction of sp³-hybridized carbons (Fsp3) is 0.148. The summed E-state index contributed by atoms with van der Waals surface area (Å²) in [7, 11) is 0. The van der Waals surface area contributed by atoms with E-state index in [-0.39, 0.29) is 18.4 Å². The molecule has 6 nitrogen and oxygen atoms in total. The molecule has 3 aromatic carbocycles. The molecule has 35 heavy (non-hydrogen) atoms. The highest BCUT2D eigenvalue weighted by Gasteiger charge is 2.33. The molecule has 3 aromatic rings. The molecule has 0 atom stereocenters. The molecule has 0 unspecified atom stereocenters. The number of rotatable bonds is 8. The number of hydrogen-bond donors (Lipinski definition) is 1. The third-order valence-corrected chi connectivity index (χ3v) is 6.38. The van der Waals surface area contributed by atoms with Gasteiger partial charge < -0.3 is 14.8 Å². The summed E-state index contributed by atoms with van der Waals surface area (Å²) >= 11 is 6.71. The molecule has 4 rings (SSSR count). The quantitative estimate of drug-likeness (QED) is 0.308. The van der Waals surface area contributed by atoms with Crippen molar-refractivity contribution in [2.75, 3.05) is 23.4 Å². The minimum Gasteiger partial charge on any atom is -0.494 e. The van der Waals surface area contributed by atoms with Crippen molar-refractivity contribution < 1.29 is 19.1 Å². The van der Waals surface area contributed by atoms with Crippen LogP contribution in [-0.4, -0.2) is 29.3 Å². The van der Waals surface area contributed by atoms with E-state index in [4.69, 9.17) is 21.7 Å². The van der Waals surface area contributed by atoms with Crippen molar-refractivity contribution in [1.82, 2.24) is 0 Å². The van der Waals surface area contributed by atoms with Gasteiger partial charge in [-0.2, -0.15) is 0 Å². The van der Waals surface area contributed by atoms with E-state index in [0.717, 1.165) is 22.6 Å². The van der Waals surface area contributed by atoms with Crippen molar-refractivity contribution in [3.05, 3.63) is 88.8 Å². The van der Waals surface area contributed by atoms with Crippen LogP contribution in [0, 0.1) is 6.92 Å². The largest absolute Gasteiger partial charge is 0.494 e. The van der Waals surface area contributed by atoms with E-state index < -0.39 is 0 Å². The summed E-state index contributed by atoms with van der Waals surface area (Å²) in [5, 5.41) is 2.78. The average Bonchev–Trinajstić information content (AvgIpc) is 3.13. The first-order chi connectivity index (χ1) is 16.9. The molecule has 0 saturated carbocycles. The van der Waals surface area contributed by atoms with Crippen molar-refractivity contribution in [3.8, 4) is 11.5 Å². The molecule has 1 saturated heterocycles. The summed E-state index contributed by atoms with van der Waals surface area (Å²) in [6.07, 6.45) is 1.80. The molecule has 0 radical (unpaired) electrons. The van der Waals surface area contributed by atoms with Gasteiger partial charge in [0.25, 0.3) is 11.8 Å². The molecule has 0 aromatic heterocycles. The molecule has 178 valence electrons. The van der Waals surface area contributed by atoms with Crippen molar-refractivity contribution in [2.45, 2.75) is 13.8 Å². The molecule has 1 heterocycles. The summed E-state index contributed by atoms with van der Waals surface area (Å²) < 4.78 is 11.5. The normalized spacial score (nSPS) is 14.3. The Balaban J connectivity index is 1.33. The fourth-order valence-corrected chi connectivity index (χ4v) is 4.64. The van der Waals surface area contributed by atoms with E-state index in [1.807, 2.05) is 50.2 Å². The van der Waals surface area contributed by atoms with E-state index in [9.17, 15) is 9.59 Å². The molecule has 1 N–H and O–H groups in total. The van der Waals surface area contributed by atoms with E-state index >= 15 is 0 Å². The van der Waals surface area contributed by atoms with Crippen LogP contribution >= 0.6 is 24.0 Å². The molecular weight excluding hydrogens is 480 g/mol. The maximum atomic E-state index is 12.9. The molecule has 0 spiro atoms.